The van der Waals surface area contributed by atoms with Crippen LogP contribution in [0.5, 0.6) is 0 Å². The summed E-state index contributed by atoms with van der Waals surface area (Å²) in [6, 6.07) is 0. The van der Waals surface area contributed by atoms with Crippen molar-refractivity contribution in [3.05, 3.63) is 0 Å². The molecule has 36 heavy (non-hydrogen) atoms. The van der Waals surface area contributed by atoms with Crippen molar-refractivity contribution in [1.82, 2.24) is 5.32 Å². The molecule has 0 saturated carbocycles. The number of carboxylic acid groups (broad SMARTS) is 1. The molecular weight excluding hydrogens is 519 g/mol. The van der Waals surface area contributed by atoms with Crippen LogP contribution in [0.1, 0.15) is 34.1 Å². The average molecular weight is 550 g/mol. The van der Waals surface area contributed by atoms with Crippen molar-refractivity contribution >= 4 is 41.6 Å². The van der Waals surface area contributed by atoms with E-state index in [0.29, 0.717) is 5.75 Å². The summed E-state index contributed by atoms with van der Waals surface area (Å²) in [7, 11) is 1.83. The summed E-state index contributed by atoms with van der Waals surface area (Å²) >= 11 is 1.37. The number of thioether (sulfide) groups is 1. The molecule has 1 aliphatic rings. The summed E-state index contributed by atoms with van der Waals surface area (Å²) in [4.78, 5) is 55.2. The van der Waals surface area contributed by atoms with Gasteiger partial charge in [-0.3, -0.25) is 19.2 Å². The van der Waals surface area contributed by atoms with E-state index in [4.69, 9.17) is 33.6 Å². The fourth-order valence-electron chi connectivity index (χ4n) is 2.77. The predicted molar refractivity (Wildman–Crippen MR) is 117 cm³/mol. The molecule has 1 rings (SSSR count). The van der Waals surface area contributed by atoms with Gasteiger partial charge in [0.25, 0.3) is 0 Å². The maximum Gasteiger partial charge on any atom is 0.490 e. The lowest BCUT2D eigenvalue weighted by atomic mass is 9.99. The molecule has 0 bridgehead atoms. The van der Waals surface area contributed by atoms with Crippen LogP contribution in [0, 0.1) is 0 Å². The number of hydrogen-bond donors (Lipinski definition) is 2. The number of halogens is 3. The first-order valence-electron chi connectivity index (χ1n) is 10.5. The van der Waals surface area contributed by atoms with Crippen LogP contribution in [0.15, 0.2) is 0 Å². The average Bonchev–Trinajstić information content (AvgIpc) is 2.72. The summed E-state index contributed by atoms with van der Waals surface area (Å²) in [5.74, 6) is -4.53. The summed E-state index contributed by atoms with van der Waals surface area (Å²) in [6.07, 6.45) is -8.41. The third-order valence-corrected chi connectivity index (χ3v) is 5.28. The van der Waals surface area contributed by atoms with E-state index in [1.54, 1.807) is 0 Å². The van der Waals surface area contributed by atoms with E-state index < -0.39 is 65.9 Å². The Hall–Kier alpha value is -2.59. The molecule has 0 unspecified atom stereocenters. The molecule has 16 heteroatoms. The molecule has 0 spiro atoms. The Balaban J connectivity index is 0.00000152. The van der Waals surface area contributed by atoms with E-state index in [-0.39, 0.29) is 6.61 Å². The van der Waals surface area contributed by atoms with E-state index >= 15 is 0 Å². The minimum atomic E-state index is -5.08. The molecule has 0 aromatic carbocycles. The summed E-state index contributed by atoms with van der Waals surface area (Å²) in [6.45, 7) is 5.40. The molecule has 0 aromatic rings. The van der Waals surface area contributed by atoms with Gasteiger partial charge in [-0.05, 0) is 25.8 Å². The predicted octanol–water partition coefficient (Wildman–Crippen LogP) is 1.05. The van der Waals surface area contributed by atoms with Crippen molar-refractivity contribution in [1.29, 1.82) is 0 Å². The number of carboxylic acids is 1. The fourth-order valence-corrected chi connectivity index (χ4v) is 3.94. The van der Waals surface area contributed by atoms with Crippen LogP contribution in [0.2, 0.25) is 0 Å². The van der Waals surface area contributed by atoms with E-state index in [2.05, 4.69) is 5.32 Å². The van der Waals surface area contributed by atoms with Crippen molar-refractivity contribution in [3.8, 4) is 0 Å². The molecule has 1 fully saturated rings. The number of esters is 4. The Kier molecular flexibility index (Phi) is 15.0. The van der Waals surface area contributed by atoms with Gasteiger partial charge in [-0.2, -0.15) is 13.2 Å². The van der Waals surface area contributed by atoms with Gasteiger partial charge in [-0.25, -0.2) is 4.79 Å². The number of carbonyl (C=O) groups excluding carboxylic acids is 4. The Morgan fingerprint density at radius 2 is 1.36 bits per heavy atom. The zero-order valence-electron chi connectivity index (χ0n) is 20.3. The number of carbonyl (C=O) groups is 5. The number of ether oxygens (including phenoxy) is 5. The van der Waals surface area contributed by atoms with Gasteiger partial charge in [0.15, 0.2) is 18.3 Å². The SMILES string of the molecule is CNCCCS[C@@H]1O[C@H](COC(C)=O)[C@@H](OC(C)=O)[C@H](OC(C)=O)[C@H]1OC(C)=O.O=C(O)C(F)(F)F. The summed E-state index contributed by atoms with van der Waals surface area (Å²) in [5.41, 5.74) is -0.715. The van der Waals surface area contributed by atoms with Gasteiger partial charge in [0, 0.05) is 27.7 Å². The molecule has 12 nitrogen and oxygen atoms in total. The number of hydrogen-bond acceptors (Lipinski definition) is 12. The second-order valence-corrected chi connectivity index (χ2v) is 8.40. The first kappa shape index (κ1) is 33.4. The van der Waals surface area contributed by atoms with Crippen LogP contribution >= 0.6 is 11.8 Å². The van der Waals surface area contributed by atoms with Crippen molar-refractivity contribution in [3.63, 3.8) is 0 Å². The van der Waals surface area contributed by atoms with E-state index in [1.165, 1.54) is 39.5 Å². The number of alkyl halides is 3. The van der Waals surface area contributed by atoms with Crippen LogP contribution in [0.25, 0.3) is 0 Å². The molecule has 2 N–H and O–H groups in total. The molecule has 0 aromatic heterocycles. The fraction of sp³-hybridized carbons (Fsp3) is 0.750. The molecule has 1 heterocycles. The zero-order valence-corrected chi connectivity index (χ0v) is 21.1. The highest BCUT2D eigenvalue weighted by Crippen LogP contribution is 2.34. The summed E-state index contributed by atoms with van der Waals surface area (Å²) in [5, 5.41) is 10.2. The van der Waals surface area contributed by atoms with Crippen molar-refractivity contribution < 1.29 is 65.9 Å². The van der Waals surface area contributed by atoms with Crippen molar-refractivity contribution in [2.45, 2.75) is 70.1 Å². The minimum Gasteiger partial charge on any atom is -0.475 e. The topological polar surface area (TPSA) is 164 Å². The third kappa shape index (κ3) is 13.5. The molecule has 0 aliphatic carbocycles. The smallest absolute Gasteiger partial charge is 0.475 e. The highest BCUT2D eigenvalue weighted by Gasteiger charge is 2.52. The van der Waals surface area contributed by atoms with Crippen LogP contribution in [0.4, 0.5) is 13.2 Å². The third-order valence-electron chi connectivity index (χ3n) is 4.04. The zero-order chi connectivity index (χ0) is 28.1. The largest absolute Gasteiger partial charge is 0.490 e. The van der Waals surface area contributed by atoms with Gasteiger partial charge >= 0.3 is 36.0 Å². The van der Waals surface area contributed by atoms with E-state index in [9.17, 15) is 32.3 Å². The lowest BCUT2D eigenvalue weighted by Gasteiger charge is -2.44. The monoisotopic (exact) mass is 549 g/mol. The molecule has 0 radical (unpaired) electrons. The lowest BCUT2D eigenvalue weighted by Crippen LogP contribution is -2.61. The second kappa shape index (κ2) is 16.2. The van der Waals surface area contributed by atoms with Gasteiger partial charge < -0.3 is 34.1 Å². The standard InChI is InChI=1S/C18H29NO9S.C2HF3O2/c1-10(20)24-9-14-15(25-11(2)21)16(26-12(3)22)17(27-13(4)23)18(28-14)29-8-6-7-19-5;3-2(4,5)1(6)7/h14-19H,6-9H2,1-5H3;(H,6,7)/t14-,15-,16+,17-,18+;/m1./s1. The summed E-state index contributed by atoms with van der Waals surface area (Å²) < 4.78 is 58.8. The number of aliphatic carboxylic acids is 1. The van der Waals surface area contributed by atoms with E-state index in [1.807, 2.05) is 7.05 Å². The van der Waals surface area contributed by atoms with Gasteiger partial charge in [-0.1, -0.05) is 0 Å². The maximum atomic E-state index is 11.7. The Morgan fingerprint density at radius 3 is 1.78 bits per heavy atom. The van der Waals surface area contributed by atoms with Crippen LogP contribution in [-0.2, 0) is 47.7 Å². The number of nitrogens with one attached hydrogen (secondary N) is 1. The Morgan fingerprint density at radius 1 is 0.889 bits per heavy atom. The van der Waals surface area contributed by atoms with E-state index in [0.717, 1.165) is 13.0 Å². The molecule has 208 valence electrons. The van der Waals surface area contributed by atoms with Gasteiger partial charge in [0.05, 0.1) is 0 Å². The first-order chi connectivity index (χ1) is 16.6. The van der Waals surface area contributed by atoms with Crippen molar-refractivity contribution in [2.75, 3.05) is 26.0 Å². The molecule has 1 aliphatic heterocycles. The highest BCUT2D eigenvalue weighted by molar-refractivity contribution is 7.99. The molecule has 1 saturated heterocycles. The lowest BCUT2D eigenvalue weighted by molar-refractivity contribution is -0.237. The highest BCUT2D eigenvalue weighted by atomic mass is 32.2. The minimum absolute atomic E-state index is 0.217. The van der Waals surface area contributed by atoms with Crippen LogP contribution in [0.3, 0.4) is 0 Å². The maximum absolute atomic E-state index is 11.7. The second-order valence-electron chi connectivity index (χ2n) is 7.20. The van der Waals surface area contributed by atoms with Crippen LogP contribution in [-0.4, -0.2) is 96.9 Å². The molecular formula is C20H30F3NO11S. The normalized spacial score (nSPS) is 23.4. The van der Waals surface area contributed by atoms with Gasteiger partial charge in [-0.15, -0.1) is 11.8 Å². The quantitative estimate of drug-likeness (QED) is 0.226. The Labute approximate surface area is 209 Å². The molecule has 5 atom stereocenters. The Bertz CT molecular complexity index is 766. The van der Waals surface area contributed by atoms with Crippen LogP contribution < -0.4 is 5.32 Å². The first-order valence-corrected chi connectivity index (χ1v) is 11.5. The van der Waals surface area contributed by atoms with Gasteiger partial charge in [0.1, 0.15) is 18.1 Å². The van der Waals surface area contributed by atoms with Crippen molar-refractivity contribution in [2.24, 2.45) is 0 Å². The number of rotatable bonds is 10. The molecule has 0 amide bonds. The van der Waals surface area contributed by atoms with Gasteiger partial charge in [0.2, 0.25) is 0 Å².